The third-order valence-electron chi connectivity index (χ3n) is 12.0. The highest BCUT2D eigenvalue weighted by atomic mass is 35.5. The Balaban J connectivity index is 0.956. The summed E-state index contributed by atoms with van der Waals surface area (Å²) in [5.74, 6) is 0.223. The Morgan fingerprint density at radius 2 is 1.71 bits per heavy atom. The lowest BCUT2D eigenvalue weighted by Gasteiger charge is -2.38. The van der Waals surface area contributed by atoms with E-state index in [1.807, 2.05) is 25.1 Å². The molecule has 4 atom stereocenters. The molecule has 8 rings (SSSR count). The number of hydrogen-bond donors (Lipinski definition) is 0. The van der Waals surface area contributed by atoms with Gasteiger partial charge in [-0.15, -0.1) is 0 Å². The van der Waals surface area contributed by atoms with E-state index in [4.69, 9.17) is 37.4 Å². The molecule has 0 spiro atoms. The highest BCUT2D eigenvalue weighted by Gasteiger charge is 2.46. The van der Waals surface area contributed by atoms with Crippen LogP contribution in [0.5, 0.6) is 0 Å². The van der Waals surface area contributed by atoms with Crippen molar-refractivity contribution in [1.82, 2.24) is 34.0 Å². The minimum atomic E-state index is -1.17. The third kappa shape index (κ3) is 9.10. The van der Waals surface area contributed by atoms with E-state index in [0.29, 0.717) is 34.7 Å². The van der Waals surface area contributed by atoms with Gasteiger partial charge < -0.3 is 24.0 Å². The SMILES string of the molecule is CCC(C)n1ncn(-c2ccc(N3CCN(C4=C[C@H]5CCCCCCC/C(=C(/OC[C@H]6CO[C@](Cn7cncn7)(c7ccc(Cl)cc7Cl)O6)C=C4)C5)CC3)cc2)c1=O. The molecule has 2 aromatic carbocycles. The van der Waals surface area contributed by atoms with Crippen molar-refractivity contribution in [3.63, 3.8) is 0 Å². The van der Waals surface area contributed by atoms with Gasteiger partial charge in [-0.25, -0.2) is 23.7 Å². The van der Waals surface area contributed by atoms with Crippen LogP contribution in [0.1, 0.15) is 83.2 Å². The molecule has 2 saturated heterocycles. The van der Waals surface area contributed by atoms with Gasteiger partial charge in [0.25, 0.3) is 0 Å². The van der Waals surface area contributed by atoms with Crippen molar-refractivity contribution >= 4 is 28.9 Å². The number of piperazine rings is 1. The number of rotatable bonds is 11. The summed E-state index contributed by atoms with van der Waals surface area (Å²) in [5.41, 5.74) is 5.21. The van der Waals surface area contributed by atoms with Crippen LogP contribution in [0.25, 0.3) is 5.69 Å². The van der Waals surface area contributed by atoms with Gasteiger partial charge in [0.2, 0.25) is 5.79 Å². The highest BCUT2D eigenvalue weighted by Crippen LogP contribution is 2.41. The van der Waals surface area contributed by atoms with Crippen LogP contribution in [0.4, 0.5) is 5.69 Å². The Kier molecular flexibility index (Phi) is 12.7. The van der Waals surface area contributed by atoms with Crippen molar-refractivity contribution in [3.05, 3.63) is 123 Å². The fourth-order valence-electron chi connectivity index (χ4n) is 8.58. The van der Waals surface area contributed by atoms with E-state index in [9.17, 15) is 4.79 Å². The first-order chi connectivity index (χ1) is 28.3. The van der Waals surface area contributed by atoms with Gasteiger partial charge in [0, 0.05) is 48.1 Å². The van der Waals surface area contributed by atoms with Crippen LogP contribution in [0, 0.1) is 5.92 Å². The molecule has 12 nitrogen and oxygen atoms in total. The fourth-order valence-corrected chi connectivity index (χ4v) is 9.13. The normalized spacial score (nSPS) is 24.9. The average molecular weight is 830 g/mol. The molecule has 2 aliphatic carbocycles. The van der Waals surface area contributed by atoms with Gasteiger partial charge in [0.1, 0.15) is 44.0 Å². The summed E-state index contributed by atoms with van der Waals surface area (Å²) in [6, 6.07) is 13.7. The van der Waals surface area contributed by atoms with E-state index >= 15 is 0 Å². The van der Waals surface area contributed by atoms with Crippen LogP contribution in [0.15, 0.2) is 101 Å². The number of aromatic nitrogens is 6. The Hall–Kier alpha value is -4.36. The largest absolute Gasteiger partial charge is 0.491 e. The van der Waals surface area contributed by atoms with Crippen LogP contribution in [0.2, 0.25) is 10.0 Å². The molecule has 1 saturated carbocycles. The number of halogens is 2. The van der Waals surface area contributed by atoms with Crippen molar-refractivity contribution in [2.24, 2.45) is 5.92 Å². The van der Waals surface area contributed by atoms with Crippen molar-refractivity contribution in [2.75, 3.05) is 44.3 Å². The number of nitrogens with zero attached hydrogens (tertiary/aromatic N) is 8. The second kappa shape index (κ2) is 18.3. The first-order valence-electron chi connectivity index (χ1n) is 20.9. The smallest absolute Gasteiger partial charge is 0.350 e. The Labute approximate surface area is 350 Å². The van der Waals surface area contributed by atoms with Crippen molar-refractivity contribution < 1.29 is 14.2 Å². The molecule has 0 radical (unpaired) electrons. The Bertz CT molecular complexity index is 2160. The summed E-state index contributed by atoms with van der Waals surface area (Å²) in [6.07, 6.45) is 21.7. The first-order valence-corrected chi connectivity index (χ1v) is 21.6. The maximum atomic E-state index is 13.0. The molecule has 4 aromatic rings. The minimum Gasteiger partial charge on any atom is -0.491 e. The summed E-state index contributed by atoms with van der Waals surface area (Å²) < 4.78 is 24.8. The number of benzene rings is 2. The second-order valence-electron chi connectivity index (χ2n) is 16.0. The van der Waals surface area contributed by atoms with Crippen molar-refractivity contribution in [3.8, 4) is 5.69 Å². The predicted molar refractivity (Wildman–Crippen MR) is 226 cm³/mol. The van der Waals surface area contributed by atoms with E-state index in [0.717, 1.165) is 62.6 Å². The molecule has 4 heterocycles. The molecule has 4 aliphatic rings. The van der Waals surface area contributed by atoms with Crippen LogP contribution in [-0.4, -0.2) is 79.5 Å². The lowest BCUT2D eigenvalue weighted by Crippen LogP contribution is -2.45. The molecule has 2 bridgehead atoms. The lowest BCUT2D eigenvalue weighted by atomic mass is 9.86. The molecule has 1 unspecified atom stereocenters. The average Bonchev–Trinajstić information content (AvgIpc) is 4.00. The number of hydrogen-bond acceptors (Lipinski definition) is 9. The topological polar surface area (TPSA) is 105 Å². The summed E-state index contributed by atoms with van der Waals surface area (Å²) in [5, 5.41) is 9.67. The molecule has 2 aliphatic heterocycles. The molecule has 308 valence electrons. The van der Waals surface area contributed by atoms with Crippen molar-refractivity contribution in [1.29, 1.82) is 0 Å². The van der Waals surface area contributed by atoms with E-state index in [1.54, 1.807) is 38.7 Å². The van der Waals surface area contributed by atoms with Gasteiger partial charge in [-0.05, 0) is 99.1 Å². The molecular formula is C44H54Cl2N8O4. The van der Waals surface area contributed by atoms with Gasteiger partial charge >= 0.3 is 5.69 Å². The summed E-state index contributed by atoms with van der Waals surface area (Å²) in [6.45, 7) is 8.65. The van der Waals surface area contributed by atoms with Gasteiger partial charge in [0.15, 0.2) is 0 Å². The van der Waals surface area contributed by atoms with Crippen LogP contribution in [-0.2, 0) is 26.5 Å². The zero-order valence-corrected chi connectivity index (χ0v) is 35.0. The van der Waals surface area contributed by atoms with E-state index < -0.39 is 5.79 Å². The zero-order valence-electron chi connectivity index (χ0n) is 33.5. The summed E-state index contributed by atoms with van der Waals surface area (Å²) >= 11 is 13.0. The maximum absolute atomic E-state index is 13.0. The van der Waals surface area contributed by atoms with E-state index in [2.05, 4.69) is 62.3 Å². The summed E-state index contributed by atoms with van der Waals surface area (Å²) in [4.78, 5) is 22.1. The van der Waals surface area contributed by atoms with E-state index in [-0.39, 0.29) is 24.4 Å². The third-order valence-corrected chi connectivity index (χ3v) is 12.6. The highest BCUT2D eigenvalue weighted by molar-refractivity contribution is 6.35. The van der Waals surface area contributed by atoms with Crippen molar-refractivity contribution in [2.45, 2.75) is 96.1 Å². The Morgan fingerprint density at radius 1 is 0.931 bits per heavy atom. The number of fused-ring (bicyclic) bond motifs is 2. The Morgan fingerprint density at radius 3 is 2.48 bits per heavy atom. The van der Waals surface area contributed by atoms with E-state index in [1.165, 1.54) is 56.1 Å². The maximum Gasteiger partial charge on any atom is 0.350 e. The summed E-state index contributed by atoms with van der Waals surface area (Å²) in [7, 11) is 0. The van der Waals surface area contributed by atoms with Crippen LogP contribution >= 0.6 is 23.2 Å². The number of anilines is 1. The zero-order chi connectivity index (χ0) is 40.1. The van der Waals surface area contributed by atoms with Gasteiger partial charge in [-0.1, -0.05) is 68.0 Å². The molecule has 0 amide bonds. The van der Waals surface area contributed by atoms with Gasteiger partial charge in [0.05, 0.1) is 23.4 Å². The second-order valence-corrected chi connectivity index (χ2v) is 16.8. The number of ether oxygens (including phenoxy) is 3. The lowest BCUT2D eigenvalue weighted by molar-refractivity contribution is -0.191. The van der Waals surface area contributed by atoms with Gasteiger partial charge in [-0.3, -0.25) is 0 Å². The number of allylic oxidation sites excluding steroid dienone is 4. The van der Waals surface area contributed by atoms with Crippen LogP contribution < -0.4 is 10.6 Å². The van der Waals surface area contributed by atoms with Crippen LogP contribution in [0.3, 0.4) is 0 Å². The standard InChI is InChI=1S/C44H54Cl2N8O4/c1-3-32(2)54-43(55)53(31-49-54)37-14-12-36(13-15-37)50-19-21-51(22-20-50)38-16-18-42(34-10-8-6-4-5-7-9-33(23-34)24-38)56-26-39-27-57-44(58-39,28-52-30-47-29-48-52)40-17-11-35(45)25-41(40)46/h11-18,24-25,29-33,39H,3-10,19-23,26-28H2,1-2H3/b18-16?,38-24?,42-34-/t32?,33-,39-,44-/m0/s1. The molecule has 0 N–H and O–H groups in total. The molecule has 14 heteroatoms. The fraction of sp³-hybridized carbons (Fsp3) is 0.500. The first kappa shape index (κ1) is 40.4. The quantitative estimate of drug-likeness (QED) is 0.147. The van der Waals surface area contributed by atoms with Gasteiger partial charge in [-0.2, -0.15) is 10.2 Å². The molecule has 3 fully saturated rings. The minimum absolute atomic E-state index is 0.0620. The molecule has 58 heavy (non-hydrogen) atoms. The predicted octanol–water partition coefficient (Wildman–Crippen LogP) is 8.47. The molecular weight excluding hydrogens is 775 g/mol. The molecule has 2 aromatic heterocycles. The monoisotopic (exact) mass is 828 g/mol.